The van der Waals surface area contributed by atoms with Crippen molar-refractivity contribution in [1.82, 2.24) is 14.6 Å². The van der Waals surface area contributed by atoms with Crippen LogP contribution in [0, 0.1) is 6.92 Å². The van der Waals surface area contributed by atoms with Crippen LogP contribution in [0.4, 0.5) is 0 Å². The van der Waals surface area contributed by atoms with Crippen molar-refractivity contribution in [3.8, 4) is 11.1 Å². The lowest BCUT2D eigenvalue weighted by molar-refractivity contribution is 0.0697. The van der Waals surface area contributed by atoms with Gasteiger partial charge >= 0.3 is 5.97 Å². The molecule has 28 heavy (non-hydrogen) atoms. The van der Waals surface area contributed by atoms with Crippen LogP contribution in [0.5, 0.6) is 0 Å². The van der Waals surface area contributed by atoms with Gasteiger partial charge in [-0.25, -0.2) is 14.3 Å². The fourth-order valence-electron chi connectivity index (χ4n) is 3.54. The van der Waals surface area contributed by atoms with Crippen LogP contribution in [0.25, 0.3) is 16.8 Å². The topological polar surface area (TPSA) is 67.5 Å². The highest BCUT2D eigenvalue weighted by atomic mass is 16.4. The Morgan fingerprint density at radius 1 is 1.07 bits per heavy atom. The Bertz CT molecular complexity index is 1160. The van der Waals surface area contributed by atoms with Crippen LogP contribution in [0.3, 0.4) is 0 Å². The van der Waals surface area contributed by atoms with E-state index in [0.29, 0.717) is 5.56 Å². The van der Waals surface area contributed by atoms with E-state index in [-0.39, 0.29) is 0 Å². The summed E-state index contributed by atoms with van der Waals surface area (Å²) in [6.07, 6.45) is 3.41. The first-order valence-electron chi connectivity index (χ1n) is 9.32. The lowest BCUT2D eigenvalue weighted by atomic mass is 9.97. The molecule has 0 bridgehead atoms. The van der Waals surface area contributed by atoms with Gasteiger partial charge < -0.3 is 5.11 Å². The number of carbonyl (C=O) groups is 1. The molecule has 0 atom stereocenters. The molecule has 0 fully saturated rings. The number of nitrogens with zero attached hydrogens (tertiary/aromatic N) is 3. The fourth-order valence-corrected chi connectivity index (χ4v) is 3.54. The van der Waals surface area contributed by atoms with Gasteiger partial charge in [0.1, 0.15) is 0 Å². The summed E-state index contributed by atoms with van der Waals surface area (Å²) in [6.45, 7) is 4.13. The van der Waals surface area contributed by atoms with Crippen LogP contribution >= 0.6 is 0 Å². The number of carboxylic acids is 1. The number of rotatable bonds is 5. The second-order valence-corrected chi connectivity index (χ2v) is 6.82. The summed E-state index contributed by atoms with van der Waals surface area (Å²) in [5, 5.41) is 14.1. The van der Waals surface area contributed by atoms with E-state index in [0.717, 1.165) is 52.1 Å². The molecule has 2 aromatic heterocycles. The second kappa shape index (κ2) is 7.27. The molecule has 0 aliphatic rings. The first kappa shape index (κ1) is 17.9. The number of hydrogen-bond donors (Lipinski definition) is 1. The molecular formula is C23H21N3O2. The smallest absolute Gasteiger partial charge is 0.336 e. The molecule has 1 N–H and O–H groups in total. The number of hydrogen-bond acceptors (Lipinski definition) is 3. The number of aromatic nitrogens is 3. The summed E-state index contributed by atoms with van der Waals surface area (Å²) in [5.74, 6) is -0.917. The molecular weight excluding hydrogens is 350 g/mol. The molecule has 2 aromatic carbocycles. The van der Waals surface area contributed by atoms with Crippen LogP contribution in [0.1, 0.15) is 39.8 Å². The lowest BCUT2D eigenvalue weighted by Crippen LogP contribution is -1.99. The third kappa shape index (κ3) is 3.16. The number of aryl methyl sites for hydroxylation is 2. The highest BCUT2D eigenvalue weighted by molar-refractivity contribution is 5.96. The quantitative estimate of drug-likeness (QED) is 0.559. The van der Waals surface area contributed by atoms with Gasteiger partial charge in [-0.15, -0.1) is 0 Å². The van der Waals surface area contributed by atoms with Gasteiger partial charge in [0.15, 0.2) is 5.65 Å². The van der Waals surface area contributed by atoms with E-state index in [1.807, 2.05) is 60.1 Å². The zero-order valence-corrected chi connectivity index (χ0v) is 15.9. The Morgan fingerprint density at radius 3 is 2.54 bits per heavy atom. The Labute approximate surface area is 163 Å². The van der Waals surface area contributed by atoms with Crippen LogP contribution < -0.4 is 0 Å². The minimum absolute atomic E-state index is 0.311. The van der Waals surface area contributed by atoms with Gasteiger partial charge in [0.2, 0.25) is 0 Å². The van der Waals surface area contributed by atoms with Crippen molar-refractivity contribution in [1.29, 1.82) is 0 Å². The van der Waals surface area contributed by atoms with Gasteiger partial charge in [-0.05, 0) is 42.2 Å². The van der Waals surface area contributed by atoms with E-state index in [1.54, 1.807) is 12.1 Å². The zero-order chi connectivity index (χ0) is 19.7. The molecule has 0 spiro atoms. The third-order valence-electron chi connectivity index (χ3n) is 5.02. The molecule has 4 aromatic rings. The highest BCUT2D eigenvalue weighted by Crippen LogP contribution is 2.26. The average Bonchev–Trinajstić information content (AvgIpc) is 3.07. The molecule has 0 saturated heterocycles. The Hall–Kier alpha value is -3.47. The predicted molar refractivity (Wildman–Crippen MR) is 109 cm³/mol. The fraction of sp³-hybridized carbons (Fsp3) is 0.174. The number of aromatic carboxylic acids is 1. The van der Waals surface area contributed by atoms with E-state index in [2.05, 4.69) is 11.9 Å². The molecule has 0 saturated carbocycles. The summed E-state index contributed by atoms with van der Waals surface area (Å²) < 4.78 is 1.91. The molecule has 0 aliphatic heterocycles. The minimum Gasteiger partial charge on any atom is -0.478 e. The number of fused-ring (bicyclic) bond motifs is 1. The highest BCUT2D eigenvalue weighted by Gasteiger charge is 2.15. The molecule has 2 heterocycles. The van der Waals surface area contributed by atoms with Crippen LogP contribution in [0.2, 0.25) is 0 Å². The Kier molecular flexibility index (Phi) is 4.65. The summed E-state index contributed by atoms with van der Waals surface area (Å²) in [4.78, 5) is 16.0. The molecule has 140 valence electrons. The molecule has 0 amide bonds. The van der Waals surface area contributed by atoms with Crippen molar-refractivity contribution in [2.24, 2.45) is 0 Å². The van der Waals surface area contributed by atoms with E-state index < -0.39 is 5.97 Å². The van der Waals surface area contributed by atoms with Crippen LogP contribution in [0.15, 0.2) is 60.8 Å². The largest absolute Gasteiger partial charge is 0.478 e. The molecule has 0 unspecified atom stereocenters. The van der Waals surface area contributed by atoms with E-state index >= 15 is 0 Å². The van der Waals surface area contributed by atoms with Crippen LogP contribution in [-0.4, -0.2) is 25.7 Å². The molecule has 5 heteroatoms. The van der Waals surface area contributed by atoms with Gasteiger partial charge in [-0.1, -0.05) is 49.4 Å². The lowest BCUT2D eigenvalue weighted by Gasteiger charge is -2.08. The average molecular weight is 371 g/mol. The summed E-state index contributed by atoms with van der Waals surface area (Å²) >= 11 is 0. The monoisotopic (exact) mass is 371 g/mol. The maximum atomic E-state index is 11.5. The molecule has 4 rings (SSSR count). The van der Waals surface area contributed by atoms with Crippen molar-refractivity contribution in [2.75, 3.05) is 0 Å². The van der Waals surface area contributed by atoms with Gasteiger partial charge in [0, 0.05) is 23.9 Å². The van der Waals surface area contributed by atoms with Crippen molar-refractivity contribution in [3.63, 3.8) is 0 Å². The first-order chi connectivity index (χ1) is 13.6. The predicted octanol–water partition coefficient (Wildman–Crippen LogP) is 4.56. The maximum absolute atomic E-state index is 11.5. The standard InChI is InChI=1S/C23H21N3O2/c1-3-21-20(22-24-13-12-15(2)26(22)25-21)14-16-8-10-17(11-9-16)18-6-4-5-7-19(18)23(27)28/h4-13H,3,14H2,1-2H3,(H,27,28). The molecule has 5 nitrogen and oxygen atoms in total. The second-order valence-electron chi connectivity index (χ2n) is 6.82. The van der Waals surface area contributed by atoms with Crippen molar-refractivity contribution in [3.05, 3.63) is 88.9 Å². The zero-order valence-electron chi connectivity index (χ0n) is 15.9. The van der Waals surface area contributed by atoms with Crippen molar-refractivity contribution >= 4 is 11.6 Å². The third-order valence-corrected chi connectivity index (χ3v) is 5.02. The number of benzene rings is 2. The SMILES string of the molecule is CCc1nn2c(C)ccnc2c1Cc1ccc(-c2ccccc2C(=O)O)cc1. The number of carboxylic acid groups (broad SMARTS) is 1. The van der Waals surface area contributed by atoms with Crippen molar-refractivity contribution in [2.45, 2.75) is 26.7 Å². The summed E-state index contributed by atoms with van der Waals surface area (Å²) in [5.41, 5.74) is 7.24. The van der Waals surface area contributed by atoms with E-state index in [9.17, 15) is 9.90 Å². The van der Waals surface area contributed by atoms with E-state index in [4.69, 9.17) is 5.10 Å². The first-order valence-corrected chi connectivity index (χ1v) is 9.32. The molecule has 0 radical (unpaired) electrons. The Morgan fingerprint density at radius 2 is 1.82 bits per heavy atom. The maximum Gasteiger partial charge on any atom is 0.336 e. The van der Waals surface area contributed by atoms with Crippen molar-refractivity contribution < 1.29 is 9.90 Å². The van der Waals surface area contributed by atoms with Gasteiger partial charge in [0.05, 0.1) is 11.3 Å². The van der Waals surface area contributed by atoms with Gasteiger partial charge in [-0.3, -0.25) is 0 Å². The minimum atomic E-state index is -0.917. The summed E-state index contributed by atoms with van der Waals surface area (Å²) in [6, 6.07) is 17.1. The molecule has 0 aliphatic carbocycles. The van der Waals surface area contributed by atoms with Gasteiger partial charge in [0.25, 0.3) is 0 Å². The Balaban J connectivity index is 1.69. The summed E-state index contributed by atoms with van der Waals surface area (Å²) in [7, 11) is 0. The van der Waals surface area contributed by atoms with Gasteiger partial charge in [-0.2, -0.15) is 5.10 Å². The van der Waals surface area contributed by atoms with E-state index in [1.165, 1.54) is 0 Å². The normalized spacial score (nSPS) is 11.1. The van der Waals surface area contributed by atoms with Crippen LogP contribution in [-0.2, 0) is 12.8 Å².